The summed E-state index contributed by atoms with van der Waals surface area (Å²) in [5.41, 5.74) is 1.23. The van der Waals surface area contributed by atoms with Gasteiger partial charge < -0.3 is 24.9 Å². The van der Waals surface area contributed by atoms with Gasteiger partial charge in [0, 0.05) is 43.4 Å². The smallest absolute Gasteiger partial charge is 0.273 e. The van der Waals surface area contributed by atoms with Gasteiger partial charge in [0.1, 0.15) is 6.26 Å². The standard InChI is InChI=1S/C19H27N5O4/c1-2-8-27-17-10-13(18(25)21-7-5-14-11-20-12-22-14)3-4-15(17)23-19(26)16-6-9-28-24-16/h6,9,11-13,15,17H,2-5,7-8,10H2,1H3,(H,20,22)(H,21,25)(H,23,26)/t13-,15+,17+/m0/s1. The number of hydrogen-bond acceptors (Lipinski definition) is 6. The van der Waals surface area contributed by atoms with Crippen LogP contribution in [0.2, 0.25) is 0 Å². The van der Waals surface area contributed by atoms with Crippen LogP contribution >= 0.6 is 0 Å². The number of carbonyl (C=O) groups excluding carboxylic acids is 2. The quantitative estimate of drug-likeness (QED) is 0.597. The van der Waals surface area contributed by atoms with Gasteiger partial charge >= 0.3 is 0 Å². The Hall–Kier alpha value is -2.68. The minimum absolute atomic E-state index is 0.0332. The third kappa shape index (κ3) is 5.41. The zero-order valence-corrected chi connectivity index (χ0v) is 16.0. The van der Waals surface area contributed by atoms with Crippen molar-refractivity contribution in [2.75, 3.05) is 13.2 Å². The fourth-order valence-electron chi connectivity index (χ4n) is 3.44. The van der Waals surface area contributed by atoms with Crippen LogP contribution in [0.4, 0.5) is 0 Å². The maximum Gasteiger partial charge on any atom is 0.273 e. The molecule has 28 heavy (non-hydrogen) atoms. The second-order valence-corrected chi connectivity index (χ2v) is 7.00. The van der Waals surface area contributed by atoms with Gasteiger partial charge in [-0.15, -0.1) is 0 Å². The topological polar surface area (TPSA) is 122 Å². The Morgan fingerprint density at radius 2 is 2.29 bits per heavy atom. The molecule has 9 heteroatoms. The van der Waals surface area contributed by atoms with Crippen molar-refractivity contribution < 1.29 is 18.8 Å². The van der Waals surface area contributed by atoms with Crippen LogP contribution in [0.1, 0.15) is 48.8 Å². The minimum Gasteiger partial charge on any atom is -0.376 e. The van der Waals surface area contributed by atoms with Crippen LogP contribution in [0, 0.1) is 5.92 Å². The van der Waals surface area contributed by atoms with Crippen molar-refractivity contribution in [1.29, 1.82) is 0 Å². The molecule has 0 unspecified atom stereocenters. The zero-order valence-electron chi connectivity index (χ0n) is 16.0. The highest BCUT2D eigenvalue weighted by molar-refractivity contribution is 5.92. The molecule has 1 fully saturated rings. The first-order valence-corrected chi connectivity index (χ1v) is 9.75. The summed E-state index contributed by atoms with van der Waals surface area (Å²) in [6.45, 7) is 3.19. The lowest BCUT2D eigenvalue weighted by Gasteiger charge is -2.35. The summed E-state index contributed by atoms with van der Waals surface area (Å²) >= 11 is 0. The van der Waals surface area contributed by atoms with Gasteiger partial charge in [0.15, 0.2) is 5.69 Å². The predicted octanol–water partition coefficient (Wildman–Crippen LogP) is 1.45. The number of aromatic amines is 1. The van der Waals surface area contributed by atoms with E-state index in [2.05, 4.69) is 25.8 Å². The number of H-pyrrole nitrogens is 1. The van der Waals surface area contributed by atoms with E-state index >= 15 is 0 Å². The van der Waals surface area contributed by atoms with Crippen molar-refractivity contribution in [3.05, 3.63) is 36.2 Å². The highest BCUT2D eigenvalue weighted by atomic mass is 16.5. The molecule has 1 aliphatic rings. The first-order chi connectivity index (χ1) is 13.7. The van der Waals surface area contributed by atoms with Gasteiger partial charge in [-0.2, -0.15) is 0 Å². The molecule has 0 saturated heterocycles. The summed E-state index contributed by atoms with van der Waals surface area (Å²) in [5.74, 6) is -0.374. The summed E-state index contributed by atoms with van der Waals surface area (Å²) in [5, 5.41) is 9.63. The maximum atomic E-state index is 12.6. The van der Waals surface area contributed by atoms with Gasteiger partial charge in [-0.25, -0.2) is 4.98 Å². The van der Waals surface area contributed by atoms with E-state index in [-0.39, 0.29) is 35.6 Å². The molecule has 1 saturated carbocycles. The predicted molar refractivity (Wildman–Crippen MR) is 100 cm³/mol. The van der Waals surface area contributed by atoms with Crippen LogP contribution in [-0.2, 0) is 16.0 Å². The van der Waals surface area contributed by atoms with Gasteiger partial charge in [-0.3, -0.25) is 9.59 Å². The molecule has 3 rings (SSSR count). The SMILES string of the molecule is CCCO[C@@H]1C[C@@H](C(=O)NCCc2cnc[nH]2)CC[C@H]1NC(=O)c1ccon1. The fraction of sp³-hybridized carbons (Fsp3) is 0.579. The van der Waals surface area contributed by atoms with E-state index in [1.165, 1.54) is 12.3 Å². The molecule has 2 amide bonds. The number of rotatable bonds is 9. The van der Waals surface area contributed by atoms with Crippen molar-refractivity contribution in [3.8, 4) is 0 Å². The summed E-state index contributed by atoms with van der Waals surface area (Å²) in [6.07, 6.45) is 8.09. The molecule has 9 nitrogen and oxygen atoms in total. The van der Waals surface area contributed by atoms with E-state index in [1.807, 2.05) is 6.92 Å². The Bertz CT molecular complexity index is 732. The molecule has 1 aliphatic carbocycles. The summed E-state index contributed by atoms with van der Waals surface area (Å²) in [4.78, 5) is 31.8. The summed E-state index contributed by atoms with van der Waals surface area (Å²) in [6, 6.07) is 1.38. The molecule has 3 N–H and O–H groups in total. The van der Waals surface area contributed by atoms with Gasteiger partial charge in [0.2, 0.25) is 5.91 Å². The van der Waals surface area contributed by atoms with Crippen LogP contribution < -0.4 is 10.6 Å². The number of nitrogens with one attached hydrogen (secondary N) is 3. The molecular formula is C19H27N5O4. The van der Waals surface area contributed by atoms with Crippen molar-refractivity contribution >= 4 is 11.8 Å². The third-order valence-electron chi connectivity index (χ3n) is 4.93. The van der Waals surface area contributed by atoms with Crippen LogP contribution in [0.25, 0.3) is 0 Å². The molecule has 2 aromatic rings. The molecule has 152 valence electrons. The highest BCUT2D eigenvalue weighted by Crippen LogP contribution is 2.27. The third-order valence-corrected chi connectivity index (χ3v) is 4.93. The molecule has 0 radical (unpaired) electrons. The van der Waals surface area contributed by atoms with Crippen LogP contribution in [0.3, 0.4) is 0 Å². The van der Waals surface area contributed by atoms with Gasteiger partial charge in [-0.1, -0.05) is 12.1 Å². The van der Waals surface area contributed by atoms with Crippen molar-refractivity contribution in [1.82, 2.24) is 25.8 Å². The minimum atomic E-state index is -0.286. The van der Waals surface area contributed by atoms with Crippen molar-refractivity contribution in [3.63, 3.8) is 0 Å². The molecule has 2 heterocycles. The van der Waals surface area contributed by atoms with E-state index in [4.69, 9.17) is 9.26 Å². The number of carbonyl (C=O) groups is 2. The van der Waals surface area contributed by atoms with Gasteiger partial charge in [0.25, 0.3) is 5.91 Å². The van der Waals surface area contributed by atoms with E-state index < -0.39 is 0 Å². The first kappa shape index (κ1) is 20.1. The number of imidazole rings is 1. The van der Waals surface area contributed by atoms with Gasteiger partial charge in [-0.05, 0) is 25.7 Å². The van der Waals surface area contributed by atoms with Crippen molar-refractivity contribution in [2.24, 2.45) is 5.92 Å². The number of ether oxygens (including phenoxy) is 1. The number of hydrogen-bond donors (Lipinski definition) is 3. The Morgan fingerprint density at radius 1 is 1.39 bits per heavy atom. The van der Waals surface area contributed by atoms with E-state index in [9.17, 15) is 9.59 Å². The van der Waals surface area contributed by atoms with E-state index in [0.717, 1.165) is 12.1 Å². The molecule has 0 spiro atoms. The molecule has 0 bridgehead atoms. The van der Waals surface area contributed by atoms with Crippen LogP contribution in [0.5, 0.6) is 0 Å². The number of aromatic nitrogens is 3. The first-order valence-electron chi connectivity index (χ1n) is 9.75. The molecule has 3 atom stereocenters. The summed E-state index contributed by atoms with van der Waals surface area (Å²) in [7, 11) is 0. The van der Waals surface area contributed by atoms with Crippen LogP contribution in [0.15, 0.2) is 29.4 Å². The summed E-state index contributed by atoms with van der Waals surface area (Å²) < 4.78 is 10.7. The van der Waals surface area contributed by atoms with Crippen molar-refractivity contribution in [2.45, 2.75) is 51.2 Å². The normalized spacial score (nSPS) is 22.0. The second-order valence-electron chi connectivity index (χ2n) is 7.00. The number of nitrogens with zero attached hydrogens (tertiary/aromatic N) is 2. The van der Waals surface area contributed by atoms with Crippen LogP contribution in [-0.4, -0.2) is 52.2 Å². The van der Waals surface area contributed by atoms with E-state index in [0.29, 0.717) is 38.8 Å². The Morgan fingerprint density at radius 3 is 3.00 bits per heavy atom. The van der Waals surface area contributed by atoms with E-state index in [1.54, 1.807) is 12.5 Å². The molecule has 0 aliphatic heterocycles. The molecular weight excluding hydrogens is 362 g/mol. The van der Waals surface area contributed by atoms with Gasteiger partial charge in [0.05, 0.1) is 18.5 Å². The Balaban J connectivity index is 1.51. The average molecular weight is 389 g/mol. The highest BCUT2D eigenvalue weighted by Gasteiger charge is 2.35. The molecule has 2 aromatic heterocycles. The second kappa shape index (κ2) is 10.0. The lowest BCUT2D eigenvalue weighted by Crippen LogP contribution is -2.50. The Labute approximate surface area is 163 Å². The molecule has 0 aromatic carbocycles. The monoisotopic (exact) mass is 389 g/mol. The number of amides is 2. The fourth-order valence-corrected chi connectivity index (χ4v) is 3.44. The Kier molecular flexibility index (Phi) is 7.18. The zero-order chi connectivity index (χ0) is 19.8. The largest absolute Gasteiger partial charge is 0.376 e. The average Bonchev–Trinajstić information content (AvgIpc) is 3.41. The maximum absolute atomic E-state index is 12.6. The lowest BCUT2D eigenvalue weighted by atomic mass is 9.83. The lowest BCUT2D eigenvalue weighted by molar-refractivity contribution is -0.128.